The molecule has 0 spiro atoms. The van der Waals surface area contributed by atoms with Gasteiger partial charge < -0.3 is 10.1 Å². The number of carbonyl (C=O) groups is 3. The number of primary sulfonamides is 1. The molecule has 0 bridgehead atoms. The van der Waals surface area contributed by atoms with Crippen LogP contribution in [0.1, 0.15) is 41.3 Å². The molecule has 10 heteroatoms. The van der Waals surface area contributed by atoms with Crippen LogP contribution in [0.15, 0.2) is 17.0 Å². The minimum atomic E-state index is -4.02. The fraction of sp³-hybridized carbons (Fsp3) is 0.438. The molecule has 0 aromatic heterocycles. The zero-order valence-corrected chi connectivity index (χ0v) is 15.5. The summed E-state index contributed by atoms with van der Waals surface area (Å²) in [6.07, 6.45) is 0.489. The van der Waals surface area contributed by atoms with Gasteiger partial charge in [-0.1, -0.05) is 0 Å². The van der Waals surface area contributed by atoms with Crippen molar-refractivity contribution < 1.29 is 27.5 Å². The maximum atomic E-state index is 12.2. The molecule has 1 fully saturated rings. The van der Waals surface area contributed by atoms with E-state index in [1.54, 1.807) is 13.8 Å². The Morgan fingerprint density at radius 2 is 1.85 bits per heavy atom. The molecule has 9 nitrogen and oxygen atoms in total. The number of ether oxygens (including phenoxy) is 1. The molecule has 0 heterocycles. The molecule has 26 heavy (non-hydrogen) atoms. The average molecular weight is 383 g/mol. The van der Waals surface area contributed by atoms with Crippen molar-refractivity contribution in [3.63, 3.8) is 0 Å². The van der Waals surface area contributed by atoms with Gasteiger partial charge in [-0.25, -0.2) is 23.1 Å². The first kappa shape index (κ1) is 19.9. The van der Waals surface area contributed by atoms with Crippen LogP contribution < -0.4 is 15.8 Å². The third-order valence-electron chi connectivity index (χ3n) is 3.96. The Morgan fingerprint density at radius 1 is 1.23 bits per heavy atom. The monoisotopic (exact) mass is 383 g/mol. The van der Waals surface area contributed by atoms with Gasteiger partial charge in [0.2, 0.25) is 10.0 Å². The highest BCUT2D eigenvalue weighted by Crippen LogP contribution is 2.21. The van der Waals surface area contributed by atoms with Gasteiger partial charge in [0.1, 0.15) is 0 Å². The van der Waals surface area contributed by atoms with Crippen LogP contribution in [0.4, 0.5) is 4.79 Å². The van der Waals surface area contributed by atoms with Gasteiger partial charge in [-0.05, 0) is 56.9 Å². The summed E-state index contributed by atoms with van der Waals surface area (Å²) in [5.74, 6) is -1.68. The van der Waals surface area contributed by atoms with E-state index < -0.39 is 34.0 Å². The van der Waals surface area contributed by atoms with E-state index >= 15 is 0 Å². The lowest BCUT2D eigenvalue weighted by molar-refractivity contribution is -0.127. The molecule has 1 atom stereocenters. The van der Waals surface area contributed by atoms with Gasteiger partial charge in [0.15, 0.2) is 6.10 Å². The maximum absolute atomic E-state index is 12.2. The van der Waals surface area contributed by atoms with Crippen molar-refractivity contribution in [3.05, 3.63) is 28.8 Å². The first-order valence-electron chi connectivity index (χ1n) is 7.95. The number of benzene rings is 1. The van der Waals surface area contributed by atoms with Crippen molar-refractivity contribution in [2.75, 3.05) is 0 Å². The van der Waals surface area contributed by atoms with E-state index in [9.17, 15) is 22.8 Å². The van der Waals surface area contributed by atoms with E-state index in [0.29, 0.717) is 11.1 Å². The lowest BCUT2D eigenvalue weighted by Crippen LogP contribution is -2.45. The number of rotatable bonds is 5. The molecule has 4 N–H and O–H groups in total. The molecule has 1 aliphatic carbocycles. The Balaban J connectivity index is 2.07. The van der Waals surface area contributed by atoms with E-state index in [-0.39, 0.29) is 16.5 Å². The summed E-state index contributed by atoms with van der Waals surface area (Å²) in [5.41, 5.74) is 0.898. The Labute approximate surface area is 151 Å². The van der Waals surface area contributed by atoms with Gasteiger partial charge in [-0.3, -0.25) is 10.1 Å². The van der Waals surface area contributed by atoms with Crippen LogP contribution in [0.2, 0.25) is 0 Å². The van der Waals surface area contributed by atoms with Crippen LogP contribution >= 0.6 is 0 Å². The minimum Gasteiger partial charge on any atom is -0.449 e. The molecule has 0 saturated heterocycles. The summed E-state index contributed by atoms with van der Waals surface area (Å²) < 4.78 is 28.3. The van der Waals surface area contributed by atoms with E-state index in [4.69, 9.17) is 9.88 Å². The third-order valence-corrected chi connectivity index (χ3v) is 5.00. The predicted octanol–water partition coefficient (Wildman–Crippen LogP) is 0.484. The number of hydrogen-bond donors (Lipinski definition) is 3. The summed E-state index contributed by atoms with van der Waals surface area (Å²) >= 11 is 0. The van der Waals surface area contributed by atoms with E-state index in [1.807, 2.05) is 0 Å². The van der Waals surface area contributed by atoms with Crippen molar-refractivity contribution in [1.29, 1.82) is 0 Å². The molecule has 1 saturated carbocycles. The minimum absolute atomic E-state index is 0.0563. The van der Waals surface area contributed by atoms with Crippen LogP contribution in [0, 0.1) is 13.8 Å². The van der Waals surface area contributed by atoms with Crippen LogP contribution in [-0.4, -0.2) is 38.5 Å². The molecule has 3 amide bonds. The fourth-order valence-electron chi connectivity index (χ4n) is 2.19. The van der Waals surface area contributed by atoms with Crippen LogP contribution in [0.3, 0.4) is 0 Å². The zero-order valence-electron chi connectivity index (χ0n) is 14.7. The summed E-state index contributed by atoms with van der Waals surface area (Å²) in [6, 6.07) is 1.97. The van der Waals surface area contributed by atoms with E-state index in [2.05, 4.69) is 10.6 Å². The zero-order chi connectivity index (χ0) is 19.6. The smallest absolute Gasteiger partial charge is 0.338 e. The van der Waals surface area contributed by atoms with Gasteiger partial charge in [-0.2, -0.15) is 0 Å². The van der Waals surface area contributed by atoms with Gasteiger partial charge in [-0.15, -0.1) is 0 Å². The second-order valence-corrected chi connectivity index (χ2v) is 7.78. The van der Waals surface area contributed by atoms with Gasteiger partial charge in [0, 0.05) is 6.04 Å². The highest BCUT2D eigenvalue weighted by atomic mass is 32.2. The number of aryl methyl sites for hydroxylation is 1. The number of urea groups is 1. The molecule has 2 rings (SSSR count). The van der Waals surface area contributed by atoms with Gasteiger partial charge >= 0.3 is 12.0 Å². The topological polar surface area (TPSA) is 145 Å². The summed E-state index contributed by atoms with van der Waals surface area (Å²) in [7, 11) is -4.02. The van der Waals surface area contributed by atoms with Crippen molar-refractivity contribution in [1.82, 2.24) is 10.6 Å². The van der Waals surface area contributed by atoms with E-state index in [0.717, 1.165) is 18.9 Å². The van der Waals surface area contributed by atoms with Crippen LogP contribution in [-0.2, 0) is 19.6 Å². The number of nitrogens with two attached hydrogens (primary N) is 1. The van der Waals surface area contributed by atoms with Crippen molar-refractivity contribution >= 4 is 27.9 Å². The molecule has 0 radical (unpaired) electrons. The molecule has 142 valence electrons. The van der Waals surface area contributed by atoms with Crippen molar-refractivity contribution in [3.8, 4) is 0 Å². The number of esters is 1. The summed E-state index contributed by atoms with van der Waals surface area (Å²) in [4.78, 5) is 35.5. The number of amides is 3. The number of carbonyl (C=O) groups excluding carboxylic acids is 3. The molecule has 1 aromatic rings. The number of imide groups is 1. The van der Waals surface area contributed by atoms with Gasteiger partial charge in [0.05, 0.1) is 10.5 Å². The lowest BCUT2D eigenvalue weighted by Gasteiger charge is -2.15. The lowest BCUT2D eigenvalue weighted by atomic mass is 10.1. The number of nitrogens with one attached hydrogen (secondary N) is 2. The Hall–Kier alpha value is -2.46. The molecule has 0 aliphatic heterocycles. The Kier molecular flexibility index (Phi) is 5.67. The molecule has 1 aromatic carbocycles. The second-order valence-electron chi connectivity index (χ2n) is 6.25. The molecule has 0 unspecified atom stereocenters. The molecule has 1 aliphatic rings. The fourth-order valence-corrected chi connectivity index (χ4v) is 3.06. The quantitative estimate of drug-likeness (QED) is 0.631. The second kappa shape index (κ2) is 7.42. The first-order chi connectivity index (χ1) is 12.0. The third kappa shape index (κ3) is 5.02. The highest BCUT2D eigenvalue weighted by Gasteiger charge is 2.26. The number of hydrogen-bond acceptors (Lipinski definition) is 6. The predicted molar refractivity (Wildman–Crippen MR) is 91.9 cm³/mol. The van der Waals surface area contributed by atoms with Crippen LogP contribution in [0.5, 0.6) is 0 Å². The maximum Gasteiger partial charge on any atom is 0.338 e. The standard InChI is InChI=1S/C16H21N3O6S/c1-8-6-11(7-13(9(8)2)26(17,23)24)15(21)25-10(3)14(20)19-16(22)18-12-4-5-12/h6-7,10,12H,4-5H2,1-3H3,(H2,17,23,24)(H2,18,19,20,22)/t10-/m1/s1. The van der Waals surface area contributed by atoms with Crippen molar-refractivity contribution in [2.45, 2.75) is 50.7 Å². The van der Waals surface area contributed by atoms with E-state index in [1.165, 1.54) is 13.0 Å². The summed E-state index contributed by atoms with van der Waals surface area (Å²) in [6.45, 7) is 4.50. The average Bonchev–Trinajstić information content (AvgIpc) is 3.31. The van der Waals surface area contributed by atoms with Crippen molar-refractivity contribution in [2.24, 2.45) is 5.14 Å². The largest absolute Gasteiger partial charge is 0.449 e. The Morgan fingerprint density at radius 3 is 2.38 bits per heavy atom. The molecular weight excluding hydrogens is 362 g/mol. The first-order valence-corrected chi connectivity index (χ1v) is 9.50. The SMILES string of the molecule is Cc1cc(C(=O)O[C@H](C)C(=O)NC(=O)NC2CC2)cc(S(N)(=O)=O)c1C. The normalized spacial score (nSPS) is 15.1. The van der Waals surface area contributed by atoms with Crippen LogP contribution in [0.25, 0.3) is 0 Å². The Bertz CT molecular complexity index is 861. The van der Waals surface area contributed by atoms with Gasteiger partial charge in [0.25, 0.3) is 5.91 Å². The highest BCUT2D eigenvalue weighted by molar-refractivity contribution is 7.89. The summed E-state index contributed by atoms with van der Waals surface area (Å²) in [5, 5.41) is 9.81. The molecular formula is C16H21N3O6S. The number of sulfonamides is 1.